The van der Waals surface area contributed by atoms with Gasteiger partial charge in [-0.05, 0) is 17.2 Å². The molecule has 126 valence electrons. The summed E-state index contributed by atoms with van der Waals surface area (Å²) >= 11 is 2.90. The van der Waals surface area contributed by atoms with Crippen LogP contribution in [0.25, 0.3) is 21.3 Å². The summed E-state index contributed by atoms with van der Waals surface area (Å²) in [5.41, 5.74) is 3.36. The number of nitriles is 1. The summed E-state index contributed by atoms with van der Waals surface area (Å²) in [5.74, 6) is 0.578. The number of aromatic nitrogens is 2. The second-order valence-corrected chi connectivity index (χ2v) is 7.45. The molecule has 2 aromatic carbocycles. The lowest BCUT2D eigenvalue weighted by molar-refractivity contribution is 0.979. The van der Waals surface area contributed by atoms with E-state index < -0.39 is 0 Å². The molecule has 4 aromatic rings. The van der Waals surface area contributed by atoms with Gasteiger partial charge in [0, 0.05) is 16.7 Å². The maximum atomic E-state index is 12.6. The molecule has 26 heavy (non-hydrogen) atoms. The highest BCUT2D eigenvalue weighted by Crippen LogP contribution is 2.31. The van der Waals surface area contributed by atoms with Crippen LogP contribution >= 0.6 is 23.1 Å². The molecule has 4 nitrogen and oxygen atoms in total. The van der Waals surface area contributed by atoms with Gasteiger partial charge >= 0.3 is 0 Å². The lowest BCUT2D eigenvalue weighted by Gasteiger charge is -2.04. The molecule has 0 fully saturated rings. The van der Waals surface area contributed by atoms with Crippen molar-refractivity contribution in [2.45, 2.75) is 10.9 Å². The van der Waals surface area contributed by atoms with Crippen molar-refractivity contribution in [2.75, 3.05) is 0 Å². The summed E-state index contributed by atoms with van der Waals surface area (Å²) in [7, 11) is 0. The predicted octanol–water partition coefficient (Wildman–Crippen LogP) is 4.82. The zero-order chi connectivity index (χ0) is 17.9. The van der Waals surface area contributed by atoms with Crippen LogP contribution < -0.4 is 5.56 Å². The number of nitrogens with zero attached hydrogens (tertiary/aromatic N) is 2. The molecule has 6 heteroatoms. The van der Waals surface area contributed by atoms with Gasteiger partial charge < -0.3 is 4.98 Å². The monoisotopic (exact) mass is 375 g/mol. The number of thioether (sulfide) groups is 1. The summed E-state index contributed by atoms with van der Waals surface area (Å²) in [6, 6.07) is 19.5. The van der Waals surface area contributed by atoms with Crippen LogP contribution in [0, 0.1) is 11.3 Å². The molecule has 2 aromatic heterocycles. The van der Waals surface area contributed by atoms with Crippen molar-refractivity contribution in [3.63, 3.8) is 0 Å². The van der Waals surface area contributed by atoms with Crippen LogP contribution in [0.3, 0.4) is 0 Å². The van der Waals surface area contributed by atoms with Gasteiger partial charge in [0.25, 0.3) is 5.56 Å². The Morgan fingerprint density at radius 1 is 1.12 bits per heavy atom. The van der Waals surface area contributed by atoms with Crippen molar-refractivity contribution >= 4 is 33.3 Å². The average molecular weight is 375 g/mol. The van der Waals surface area contributed by atoms with Crippen LogP contribution in [0.1, 0.15) is 11.1 Å². The van der Waals surface area contributed by atoms with E-state index in [1.165, 1.54) is 23.1 Å². The third-order valence-electron chi connectivity index (χ3n) is 4.01. The van der Waals surface area contributed by atoms with E-state index in [1.807, 2.05) is 53.9 Å². The number of fused-ring (bicyclic) bond motifs is 1. The minimum Gasteiger partial charge on any atom is -0.301 e. The van der Waals surface area contributed by atoms with Crippen molar-refractivity contribution in [2.24, 2.45) is 0 Å². The molecule has 0 atom stereocenters. The topological polar surface area (TPSA) is 69.5 Å². The fourth-order valence-electron chi connectivity index (χ4n) is 2.73. The highest BCUT2D eigenvalue weighted by atomic mass is 32.2. The number of thiophene rings is 1. The Morgan fingerprint density at radius 2 is 1.88 bits per heavy atom. The molecule has 0 aliphatic rings. The molecule has 0 saturated heterocycles. The molecule has 0 radical (unpaired) electrons. The molecule has 0 saturated carbocycles. The fourth-order valence-corrected chi connectivity index (χ4v) is 4.60. The van der Waals surface area contributed by atoms with Gasteiger partial charge in [0.2, 0.25) is 0 Å². The van der Waals surface area contributed by atoms with E-state index in [-0.39, 0.29) is 5.56 Å². The Bertz CT molecular complexity index is 1170. The Morgan fingerprint density at radius 3 is 2.69 bits per heavy atom. The molecule has 0 bridgehead atoms. The van der Waals surface area contributed by atoms with Crippen LogP contribution in [0.2, 0.25) is 0 Å². The van der Waals surface area contributed by atoms with Crippen molar-refractivity contribution < 1.29 is 0 Å². The minimum atomic E-state index is -0.133. The van der Waals surface area contributed by atoms with E-state index in [4.69, 9.17) is 0 Å². The highest BCUT2D eigenvalue weighted by Gasteiger charge is 2.13. The number of hydrogen-bond donors (Lipinski definition) is 1. The van der Waals surface area contributed by atoms with Gasteiger partial charge in [0.15, 0.2) is 5.16 Å². The largest absolute Gasteiger partial charge is 0.301 e. The molecule has 0 aliphatic carbocycles. The second-order valence-electron chi connectivity index (χ2n) is 5.62. The molecule has 4 rings (SSSR count). The van der Waals surface area contributed by atoms with Gasteiger partial charge in [-0.25, -0.2) is 4.98 Å². The van der Waals surface area contributed by atoms with Crippen molar-refractivity contribution in [1.29, 1.82) is 5.26 Å². The first-order valence-electron chi connectivity index (χ1n) is 7.94. The molecule has 2 heterocycles. The highest BCUT2D eigenvalue weighted by molar-refractivity contribution is 7.98. The summed E-state index contributed by atoms with van der Waals surface area (Å²) in [6.45, 7) is 0. The first-order chi connectivity index (χ1) is 12.8. The normalized spacial score (nSPS) is 10.7. The van der Waals surface area contributed by atoms with E-state index in [0.29, 0.717) is 21.9 Å². The van der Waals surface area contributed by atoms with Crippen molar-refractivity contribution in [3.8, 4) is 17.2 Å². The van der Waals surface area contributed by atoms with Gasteiger partial charge in [-0.1, -0.05) is 60.3 Å². The lowest BCUT2D eigenvalue weighted by atomic mass is 10.1. The van der Waals surface area contributed by atoms with Crippen molar-refractivity contribution in [1.82, 2.24) is 9.97 Å². The third kappa shape index (κ3) is 3.15. The van der Waals surface area contributed by atoms with Crippen LogP contribution in [-0.4, -0.2) is 9.97 Å². The zero-order valence-corrected chi connectivity index (χ0v) is 15.2. The Kier molecular flexibility index (Phi) is 4.57. The van der Waals surface area contributed by atoms with Crippen LogP contribution in [0.15, 0.2) is 69.9 Å². The standard InChI is InChI=1S/C20H13N3OS2/c21-10-14-8-4-5-9-15(14)11-26-20-22-18(24)17-16(12-25-19(17)23-20)13-6-2-1-3-7-13/h1-9,12H,11H2,(H,22,23,24). The number of nitrogens with one attached hydrogen (secondary N) is 1. The van der Waals surface area contributed by atoms with E-state index >= 15 is 0 Å². The van der Waals surface area contributed by atoms with Crippen LogP contribution in [0.4, 0.5) is 0 Å². The summed E-state index contributed by atoms with van der Waals surface area (Å²) < 4.78 is 0. The van der Waals surface area contributed by atoms with Gasteiger partial charge in [0.05, 0.1) is 17.0 Å². The fraction of sp³-hybridized carbons (Fsp3) is 0.0500. The molecule has 0 amide bonds. The Labute approximate surface area is 158 Å². The molecular weight excluding hydrogens is 362 g/mol. The lowest BCUT2D eigenvalue weighted by Crippen LogP contribution is -2.08. The number of benzene rings is 2. The smallest absolute Gasteiger partial charge is 0.260 e. The van der Waals surface area contributed by atoms with Gasteiger partial charge in [-0.2, -0.15) is 5.26 Å². The molecule has 0 aliphatic heterocycles. The molecule has 0 spiro atoms. The van der Waals surface area contributed by atoms with Crippen LogP contribution in [-0.2, 0) is 5.75 Å². The van der Waals surface area contributed by atoms with Gasteiger partial charge in [-0.15, -0.1) is 11.3 Å². The first kappa shape index (κ1) is 16.6. The average Bonchev–Trinajstić information content (AvgIpc) is 3.12. The molecule has 1 N–H and O–H groups in total. The number of H-pyrrole nitrogens is 1. The quantitative estimate of drug-likeness (QED) is 0.410. The summed E-state index contributed by atoms with van der Waals surface area (Å²) in [6.07, 6.45) is 0. The van der Waals surface area contributed by atoms with Crippen molar-refractivity contribution in [3.05, 3.63) is 81.5 Å². The number of hydrogen-bond acceptors (Lipinski definition) is 5. The Hall–Kier alpha value is -2.88. The van der Waals surface area contributed by atoms with Crippen LogP contribution in [0.5, 0.6) is 0 Å². The maximum Gasteiger partial charge on any atom is 0.260 e. The summed E-state index contributed by atoms with van der Waals surface area (Å²) in [5, 5.41) is 12.3. The number of aromatic amines is 1. The SMILES string of the molecule is N#Cc1ccccc1CSc1nc2scc(-c3ccccc3)c2c(=O)[nH]1. The first-order valence-corrected chi connectivity index (χ1v) is 9.80. The maximum absolute atomic E-state index is 12.6. The Balaban J connectivity index is 1.67. The minimum absolute atomic E-state index is 0.133. The second kappa shape index (κ2) is 7.16. The van der Waals surface area contributed by atoms with E-state index in [9.17, 15) is 10.1 Å². The number of rotatable bonds is 4. The third-order valence-corrected chi connectivity index (χ3v) is 5.80. The molecular formula is C20H13N3OS2. The van der Waals surface area contributed by atoms with Gasteiger partial charge in [-0.3, -0.25) is 4.79 Å². The predicted molar refractivity (Wildman–Crippen MR) is 106 cm³/mol. The zero-order valence-electron chi connectivity index (χ0n) is 13.6. The molecule has 0 unspecified atom stereocenters. The van der Waals surface area contributed by atoms with E-state index in [0.717, 1.165) is 21.5 Å². The van der Waals surface area contributed by atoms with E-state index in [1.54, 1.807) is 6.07 Å². The van der Waals surface area contributed by atoms with E-state index in [2.05, 4.69) is 16.0 Å². The van der Waals surface area contributed by atoms with Gasteiger partial charge in [0.1, 0.15) is 4.83 Å². The summed E-state index contributed by atoms with van der Waals surface area (Å²) in [4.78, 5) is 20.8.